The predicted octanol–water partition coefficient (Wildman–Crippen LogP) is 2.23. The number of hydroxylamine groups is 1. The third-order valence-electron chi connectivity index (χ3n) is 3.15. The van der Waals surface area contributed by atoms with Crippen molar-refractivity contribution in [1.29, 1.82) is 0 Å². The van der Waals surface area contributed by atoms with Gasteiger partial charge in [-0.25, -0.2) is 5.48 Å². The van der Waals surface area contributed by atoms with Crippen LogP contribution in [0.2, 0.25) is 0 Å². The van der Waals surface area contributed by atoms with Crippen LogP contribution < -0.4 is 10.8 Å². The van der Waals surface area contributed by atoms with Gasteiger partial charge >= 0.3 is 0 Å². The van der Waals surface area contributed by atoms with E-state index in [9.17, 15) is 9.59 Å². The first kappa shape index (κ1) is 15.7. The predicted molar refractivity (Wildman–Crippen MR) is 82.9 cm³/mol. The van der Waals surface area contributed by atoms with E-state index in [1.165, 1.54) is 7.11 Å². The highest BCUT2D eigenvalue weighted by Gasteiger charge is 2.19. The first-order chi connectivity index (χ1) is 10.7. The summed E-state index contributed by atoms with van der Waals surface area (Å²) in [5, 5.41) is 2.88. The minimum atomic E-state index is -0.427. The smallest absolute Gasteiger partial charge is 0.251 e. The Morgan fingerprint density at radius 1 is 1.00 bits per heavy atom. The molecule has 0 radical (unpaired) electrons. The lowest BCUT2D eigenvalue weighted by atomic mass is 10.0. The van der Waals surface area contributed by atoms with Crippen LogP contribution in [0.15, 0.2) is 60.7 Å². The van der Waals surface area contributed by atoms with Crippen molar-refractivity contribution in [1.82, 2.24) is 10.8 Å². The van der Waals surface area contributed by atoms with E-state index in [4.69, 9.17) is 0 Å². The fraction of sp³-hybridized carbons (Fsp3) is 0.176. The molecule has 114 valence electrons. The van der Waals surface area contributed by atoms with Crippen molar-refractivity contribution in [2.45, 2.75) is 12.5 Å². The molecule has 1 unspecified atom stereocenters. The van der Waals surface area contributed by atoms with Crippen LogP contribution in [0.5, 0.6) is 0 Å². The number of hydrogen-bond donors (Lipinski definition) is 2. The van der Waals surface area contributed by atoms with E-state index in [-0.39, 0.29) is 18.2 Å². The van der Waals surface area contributed by atoms with Crippen LogP contribution in [0.3, 0.4) is 0 Å². The van der Waals surface area contributed by atoms with Gasteiger partial charge in [-0.3, -0.25) is 14.4 Å². The van der Waals surface area contributed by atoms with Crippen molar-refractivity contribution < 1.29 is 14.4 Å². The normalized spacial score (nSPS) is 11.5. The Kier molecular flexibility index (Phi) is 5.68. The van der Waals surface area contributed by atoms with Gasteiger partial charge in [0, 0.05) is 5.56 Å². The van der Waals surface area contributed by atoms with Gasteiger partial charge in [0.15, 0.2) is 0 Å². The van der Waals surface area contributed by atoms with Crippen LogP contribution in [0.1, 0.15) is 28.4 Å². The lowest BCUT2D eigenvalue weighted by Gasteiger charge is -2.18. The minimum absolute atomic E-state index is 0.0937. The molecule has 2 rings (SSSR count). The molecular formula is C17H18N2O3. The molecular weight excluding hydrogens is 280 g/mol. The number of carbonyl (C=O) groups is 2. The highest BCUT2D eigenvalue weighted by molar-refractivity contribution is 5.94. The van der Waals surface area contributed by atoms with Crippen LogP contribution in [0.25, 0.3) is 0 Å². The van der Waals surface area contributed by atoms with E-state index in [1.807, 2.05) is 36.4 Å². The summed E-state index contributed by atoms with van der Waals surface area (Å²) in [6.45, 7) is 0. The second-order valence-electron chi connectivity index (χ2n) is 4.74. The number of carbonyl (C=O) groups excluding carboxylic acids is 2. The molecule has 0 saturated heterocycles. The second kappa shape index (κ2) is 7.95. The second-order valence-corrected chi connectivity index (χ2v) is 4.74. The Morgan fingerprint density at radius 3 is 2.18 bits per heavy atom. The maximum atomic E-state index is 12.3. The molecule has 0 saturated carbocycles. The number of rotatable bonds is 6. The largest absolute Gasteiger partial charge is 0.345 e. The van der Waals surface area contributed by atoms with Crippen LogP contribution in [-0.4, -0.2) is 18.9 Å². The summed E-state index contributed by atoms with van der Waals surface area (Å²) in [4.78, 5) is 28.7. The molecule has 0 aliphatic carbocycles. The van der Waals surface area contributed by atoms with E-state index in [0.717, 1.165) is 5.56 Å². The Balaban J connectivity index is 2.14. The highest BCUT2D eigenvalue weighted by atomic mass is 16.6. The maximum absolute atomic E-state index is 12.3. The summed E-state index contributed by atoms with van der Waals surface area (Å²) in [5.41, 5.74) is 3.68. The third-order valence-corrected chi connectivity index (χ3v) is 3.15. The lowest BCUT2D eigenvalue weighted by molar-refractivity contribution is -0.131. The summed E-state index contributed by atoms with van der Waals surface area (Å²) in [7, 11) is 1.37. The van der Waals surface area contributed by atoms with Gasteiger partial charge in [-0.2, -0.15) is 0 Å². The molecule has 0 aliphatic heterocycles. The van der Waals surface area contributed by atoms with Crippen LogP contribution in [0.4, 0.5) is 0 Å². The summed E-state index contributed by atoms with van der Waals surface area (Å²) < 4.78 is 0. The Hall–Kier alpha value is -2.66. The van der Waals surface area contributed by atoms with Crippen LogP contribution in [0, 0.1) is 0 Å². The van der Waals surface area contributed by atoms with Gasteiger partial charge in [-0.05, 0) is 17.7 Å². The average Bonchev–Trinajstić information content (AvgIpc) is 2.56. The fourth-order valence-corrected chi connectivity index (χ4v) is 2.11. The van der Waals surface area contributed by atoms with Gasteiger partial charge < -0.3 is 5.32 Å². The van der Waals surface area contributed by atoms with Crippen molar-refractivity contribution in [3.63, 3.8) is 0 Å². The fourth-order valence-electron chi connectivity index (χ4n) is 2.11. The summed E-state index contributed by atoms with van der Waals surface area (Å²) in [6.07, 6.45) is 0.0937. The molecule has 5 nitrogen and oxygen atoms in total. The van der Waals surface area contributed by atoms with Crippen LogP contribution >= 0.6 is 0 Å². The molecule has 0 aliphatic rings. The Morgan fingerprint density at radius 2 is 1.59 bits per heavy atom. The molecule has 2 aromatic carbocycles. The van der Waals surface area contributed by atoms with Crippen molar-refractivity contribution in [2.75, 3.05) is 7.11 Å². The number of benzene rings is 2. The maximum Gasteiger partial charge on any atom is 0.251 e. The molecule has 0 bridgehead atoms. The lowest BCUT2D eigenvalue weighted by Crippen LogP contribution is -2.33. The topological polar surface area (TPSA) is 67.4 Å². The molecule has 2 amide bonds. The molecule has 0 aromatic heterocycles. The Labute approximate surface area is 129 Å². The highest BCUT2D eigenvalue weighted by Crippen LogP contribution is 2.17. The molecule has 0 heterocycles. The SMILES string of the molecule is CONC(=O)CC(NC(=O)c1ccccc1)c1ccccc1. The first-order valence-corrected chi connectivity index (χ1v) is 6.93. The van der Waals surface area contributed by atoms with Gasteiger partial charge in [-0.15, -0.1) is 0 Å². The summed E-state index contributed by atoms with van der Waals surface area (Å²) in [5.74, 6) is -0.524. The van der Waals surface area contributed by atoms with Gasteiger partial charge in [0.05, 0.1) is 19.6 Å². The standard InChI is InChI=1S/C17H18N2O3/c1-22-19-16(20)12-15(13-8-4-2-5-9-13)18-17(21)14-10-6-3-7-11-14/h2-11,15H,12H2,1H3,(H,18,21)(H,19,20). The molecule has 2 aromatic rings. The zero-order valence-corrected chi connectivity index (χ0v) is 12.3. The van der Waals surface area contributed by atoms with Crippen molar-refractivity contribution in [3.05, 3.63) is 71.8 Å². The first-order valence-electron chi connectivity index (χ1n) is 6.93. The van der Waals surface area contributed by atoms with E-state index in [0.29, 0.717) is 5.56 Å². The van der Waals surface area contributed by atoms with Crippen LogP contribution in [-0.2, 0) is 9.63 Å². The van der Waals surface area contributed by atoms with E-state index >= 15 is 0 Å². The minimum Gasteiger partial charge on any atom is -0.345 e. The summed E-state index contributed by atoms with van der Waals surface area (Å²) >= 11 is 0. The molecule has 0 spiro atoms. The van der Waals surface area contributed by atoms with Gasteiger partial charge in [0.1, 0.15) is 0 Å². The monoisotopic (exact) mass is 298 g/mol. The van der Waals surface area contributed by atoms with E-state index in [1.54, 1.807) is 24.3 Å². The van der Waals surface area contributed by atoms with Gasteiger partial charge in [-0.1, -0.05) is 48.5 Å². The summed E-state index contributed by atoms with van der Waals surface area (Å²) in [6, 6.07) is 17.8. The quantitative estimate of drug-likeness (QED) is 0.804. The van der Waals surface area contributed by atoms with Gasteiger partial charge in [0.25, 0.3) is 5.91 Å². The zero-order valence-electron chi connectivity index (χ0n) is 12.3. The van der Waals surface area contributed by atoms with E-state index < -0.39 is 6.04 Å². The molecule has 0 fully saturated rings. The van der Waals surface area contributed by atoms with Crippen molar-refractivity contribution in [3.8, 4) is 0 Å². The average molecular weight is 298 g/mol. The number of amides is 2. The molecule has 1 atom stereocenters. The van der Waals surface area contributed by atoms with E-state index in [2.05, 4.69) is 15.6 Å². The van der Waals surface area contributed by atoms with Gasteiger partial charge in [0.2, 0.25) is 5.91 Å². The molecule has 2 N–H and O–H groups in total. The van der Waals surface area contributed by atoms with Crippen molar-refractivity contribution >= 4 is 11.8 Å². The molecule has 22 heavy (non-hydrogen) atoms. The Bertz CT molecular complexity index is 614. The van der Waals surface area contributed by atoms with Crippen molar-refractivity contribution in [2.24, 2.45) is 0 Å². The third kappa shape index (κ3) is 4.43. The number of nitrogens with one attached hydrogen (secondary N) is 2. The molecule has 5 heteroatoms. The zero-order chi connectivity index (χ0) is 15.8. The number of hydrogen-bond acceptors (Lipinski definition) is 3.